The minimum absolute atomic E-state index is 0.582. The van der Waals surface area contributed by atoms with Gasteiger partial charge in [-0.2, -0.15) is 0 Å². The molecule has 1 N–H and O–H groups in total. The number of halogens is 1. The summed E-state index contributed by atoms with van der Waals surface area (Å²) in [7, 11) is 3.64. The average Bonchev–Trinajstić information content (AvgIpc) is 2.46. The molecule has 0 saturated carbocycles. The molecule has 0 bridgehead atoms. The molecule has 21 heavy (non-hydrogen) atoms. The predicted octanol–water partition coefficient (Wildman–Crippen LogP) is 4.15. The quantitative estimate of drug-likeness (QED) is 0.880. The van der Waals surface area contributed by atoms with E-state index in [-0.39, 0.29) is 0 Å². The molecule has 0 saturated heterocycles. The minimum atomic E-state index is -0.582. The van der Waals surface area contributed by atoms with Crippen LogP contribution in [0.5, 0.6) is 5.75 Å². The Morgan fingerprint density at radius 1 is 1.24 bits per heavy atom. The summed E-state index contributed by atoms with van der Waals surface area (Å²) in [5, 5.41) is 10.1. The average molecular weight is 350 g/mol. The van der Waals surface area contributed by atoms with E-state index in [2.05, 4.69) is 33.0 Å². The first kappa shape index (κ1) is 15.9. The monoisotopic (exact) mass is 349 g/mol. The minimum Gasteiger partial charge on any atom is -0.496 e. The molecule has 112 valence electrons. The summed E-state index contributed by atoms with van der Waals surface area (Å²) in [5.41, 5.74) is 2.99. The molecule has 0 aliphatic carbocycles. The second kappa shape index (κ2) is 6.96. The van der Waals surface area contributed by atoms with Crippen LogP contribution in [0.2, 0.25) is 0 Å². The molecule has 0 spiro atoms. The molecule has 0 fully saturated rings. The fraction of sp³-hybridized carbons (Fsp3) is 0.294. The highest BCUT2D eigenvalue weighted by molar-refractivity contribution is 9.10. The van der Waals surface area contributed by atoms with Gasteiger partial charge in [-0.15, -0.1) is 0 Å². The summed E-state index contributed by atoms with van der Waals surface area (Å²) in [6.07, 6.45) is -0.582. The van der Waals surface area contributed by atoms with Gasteiger partial charge in [0.25, 0.3) is 0 Å². The van der Waals surface area contributed by atoms with Crippen LogP contribution < -0.4 is 9.64 Å². The Hall–Kier alpha value is -1.52. The Labute approximate surface area is 134 Å². The molecule has 3 nitrogen and oxygen atoms in total. The van der Waals surface area contributed by atoms with Crippen molar-refractivity contribution in [1.82, 2.24) is 0 Å². The summed E-state index contributed by atoms with van der Waals surface area (Å²) in [5.74, 6) is 0.712. The summed E-state index contributed by atoms with van der Waals surface area (Å²) in [6, 6.07) is 14.0. The lowest BCUT2D eigenvalue weighted by Crippen LogP contribution is -2.19. The molecular weight excluding hydrogens is 330 g/mol. The van der Waals surface area contributed by atoms with Crippen molar-refractivity contribution < 1.29 is 9.84 Å². The second-order valence-electron chi connectivity index (χ2n) is 5.06. The van der Waals surface area contributed by atoms with E-state index in [0.717, 1.165) is 22.3 Å². The van der Waals surface area contributed by atoms with Crippen LogP contribution in [0.25, 0.3) is 0 Å². The van der Waals surface area contributed by atoms with E-state index in [4.69, 9.17) is 4.74 Å². The number of hydrogen-bond donors (Lipinski definition) is 1. The van der Waals surface area contributed by atoms with E-state index in [1.165, 1.54) is 5.56 Å². The molecular formula is C17H20BrNO2. The third-order valence-electron chi connectivity index (χ3n) is 3.40. The highest BCUT2D eigenvalue weighted by atomic mass is 79.9. The normalized spacial score (nSPS) is 12.0. The Bertz CT molecular complexity index is 613. The van der Waals surface area contributed by atoms with Gasteiger partial charge >= 0.3 is 0 Å². The van der Waals surface area contributed by atoms with Crippen LogP contribution in [0.3, 0.4) is 0 Å². The zero-order valence-electron chi connectivity index (χ0n) is 12.5. The number of aliphatic hydroxyl groups is 1. The first-order valence-electron chi connectivity index (χ1n) is 6.83. The Morgan fingerprint density at radius 3 is 2.57 bits per heavy atom. The summed E-state index contributed by atoms with van der Waals surface area (Å²) < 4.78 is 6.44. The molecule has 2 rings (SSSR count). The van der Waals surface area contributed by atoms with E-state index in [1.54, 1.807) is 14.0 Å². The molecule has 0 radical (unpaired) electrons. The van der Waals surface area contributed by atoms with Crippen molar-refractivity contribution in [3.05, 3.63) is 58.1 Å². The van der Waals surface area contributed by atoms with Crippen molar-refractivity contribution in [2.24, 2.45) is 0 Å². The van der Waals surface area contributed by atoms with Crippen molar-refractivity contribution in [1.29, 1.82) is 0 Å². The maximum atomic E-state index is 10.1. The van der Waals surface area contributed by atoms with Gasteiger partial charge in [0, 0.05) is 29.3 Å². The molecule has 0 unspecified atom stereocenters. The van der Waals surface area contributed by atoms with Gasteiger partial charge in [0.2, 0.25) is 0 Å². The Balaban J connectivity index is 2.32. The third kappa shape index (κ3) is 3.77. The van der Waals surface area contributed by atoms with Crippen LogP contribution in [-0.4, -0.2) is 19.3 Å². The zero-order chi connectivity index (χ0) is 15.4. The maximum Gasteiger partial charge on any atom is 0.126 e. The number of nitrogens with zero attached hydrogens (tertiary/aromatic N) is 1. The largest absolute Gasteiger partial charge is 0.496 e. The van der Waals surface area contributed by atoms with Gasteiger partial charge in [0.15, 0.2) is 0 Å². The van der Waals surface area contributed by atoms with Gasteiger partial charge in [-0.05, 0) is 36.8 Å². The third-order valence-corrected chi connectivity index (χ3v) is 3.89. The van der Waals surface area contributed by atoms with Crippen LogP contribution >= 0.6 is 15.9 Å². The molecule has 0 aliphatic heterocycles. The molecule has 0 aromatic heterocycles. The van der Waals surface area contributed by atoms with E-state index >= 15 is 0 Å². The van der Waals surface area contributed by atoms with Gasteiger partial charge in [0.05, 0.1) is 13.2 Å². The van der Waals surface area contributed by atoms with Gasteiger partial charge in [0.1, 0.15) is 5.75 Å². The van der Waals surface area contributed by atoms with Crippen molar-refractivity contribution in [2.45, 2.75) is 19.6 Å². The number of aliphatic hydroxyl groups excluding tert-OH is 1. The first-order valence-corrected chi connectivity index (χ1v) is 7.62. The van der Waals surface area contributed by atoms with E-state index < -0.39 is 6.10 Å². The van der Waals surface area contributed by atoms with Crippen molar-refractivity contribution >= 4 is 21.6 Å². The van der Waals surface area contributed by atoms with Crippen molar-refractivity contribution in [3.63, 3.8) is 0 Å². The standard InChI is InChI=1S/C17H20BrNO2/c1-12(20)17-15(8-5-9-16(17)21-3)19(2)11-13-6-4-7-14(18)10-13/h4-10,12,20H,11H2,1-3H3/t12-/m1/s1. The second-order valence-corrected chi connectivity index (χ2v) is 5.97. The smallest absolute Gasteiger partial charge is 0.126 e. The molecule has 0 aliphatic rings. The number of ether oxygens (including phenoxy) is 1. The first-order chi connectivity index (χ1) is 10.0. The molecule has 1 atom stereocenters. The Kier molecular flexibility index (Phi) is 5.26. The lowest BCUT2D eigenvalue weighted by molar-refractivity contribution is 0.194. The zero-order valence-corrected chi connectivity index (χ0v) is 14.1. The lowest BCUT2D eigenvalue weighted by atomic mass is 10.1. The van der Waals surface area contributed by atoms with Crippen molar-refractivity contribution in [3.8, 4) is 5.75 Å². The van der Waals surface area contributed by atoms with Gasteiger partial charge in [-0.1, -0.05) is 34.1 Å². The summed E-state index contributed by atoms with van der Waals surface area (Å²) in [6.45, 7) is 2.51. The van der Waals surface area contributed by atoms with Crippen LogP contribution in [0.1, 0.15) is 24.2 Å². The fourth-order valence-electron chi connectivity index (χ4n) is 2.46. The van der Waals surface area contributed by atoms with Gasteiger partial charge in [-0.25, -0.2) is 0 Å². The number of anilines is 1. The predicted molar refractivity (Wildman–Crippen MR) is 89.9 cm³/mol. The number of benzene rings is 2. The molecule has 0 heterocycles. The van der Waals surface area contributed by atoms with Gasteiger partial charge in [-0.3, -0.25) is 0 Å². The maximum absolute atomic E-state index is 10.1. The van der Waals surface area contributed by atoms with Crippen LogP contribution in [0, 0.1) is 0 Å². The highest BCUT2D eigenvalue weighted by Crippen LogP contribution is 2.34. The number of hydrogen-bond acceptors (Lipinski definition) is 3. The van der Waals surface area contributed by atoms with E-state index in [1.807, 2.05) is 37.4 Å². The SMILES string of the molecule is COc1cccc(N(C)Cc2cccc(Br)c2)c1[C@@H](C)O. The molecule has 2 aromatic rings. The summed E-state index contributed by atoms with van der Waals surface area (Å²) in [4.78, 5) is 2.12. The lowest BCUT2D eigenvalue weighted by Gasteiger charge is -2.25. The topological polar surface area (TPSA) is 32.7 Å². The van der Waals surface area contributed by atoms with Crippen molar-refractivity contribution in [2.75, 3.05) is 19.1 Å². The molecule has 2 aromatic carbocycles. The van der Waals surface area contributed by atoms with Gasteiger partial charge < -0.3 is 14.7 Å². The van der Waals surface area contributed by atoms with Crippen LogP contribution in [-0.2, 0) is 6.54 Å². The van der Waals surface area contributed by atoms with E-state index in [0.29, 0.717) is 5.75 Å². The van der Waals surface area contributed by atoms with Crippen LogP contribution in [0.15, 0.2) is 46.9 Å². The molecule has 4 heteroatoms. The Morgan fingerprint density at radius 2 is 1.95 bits per heavy atom. The van der Waals surface area contributed by atoms with E-state index in [9.17, 15) is 5.11 Å². The van der Waals surface area contributed by atoms with Crippen LogP contribution in [0.4, 0.5) is 5.69 Å². The molecule has 0 amide bonds. The fourth-order valence-corrected chi connectivity index (χ4v) is 2.90. The number of methoxy groups -OCH3 is 1. The summed E-state index contributed by atoms with van der Waals surface area (Å²) >= 11 is 3.49. The highest BCUT2D eigenvalue weighted by Gasteiger charge is 2.16. The number of rotatable bonds is 5.